The predicted molar refractivity (Wildman–Crippen MR) is 70.6 cm³/mol. The van der Waals surface area contributed by atoms with Gasteiger partial charge < -0.3 is 9.80 Å². The Bertz CT molecular complexity index is 425. The van der Waals surface area contributed by atoms with Crippen molar-refractivity contribution in [3.63, 3.8) is 0 Å². The highest BCUT2D eigenvalue weighted by Gasteiger charge is 2.23. The maximum atomic E-state index is 11.3. The molecule has 5 nitrogen and oxygen atoms in total. The van der Waals surface area contributed by atoms with Crippen LogP contribution in [0.25, 0.3) is 0 Å². The van der Waals surface area contributed by atoms with Crippen molar-refractivity contribution in [3.8, 4) is 0 Å². The average Bonchev–Trinajstić information content (AvgIpc) is 2.39. The Labute approximate surface area is 108 Å². The molecule has 0 atom stereocenters. The lowest BCUT2D eigenvalue weighted by Gasteiger charge is -2.31. The van der Waals surface area contributed by atoms with Crippen molar-refractivity contribution in [2.24, 2.45) is 0 Å². The van der Waals surface area contributed by atoms with Crippen LogP contribution in [-0.4, -0.2) is 48.0 Å². The number of hydrogen-bond acceptors (Lipinski definition) is 4. The summed E-state index contributed by atoms with van der Waals surface area (Å²) in [5.74, 6) is 1.37. The molecular weight excluding hydrogens is 228 g/mol. The molecule has 1 saturated heterocycles. The van der Waals surface area contributed by atoms with Gasteiger partial charge in [0, 0.05) is 51.9 Å². The van der Waals surface area contributed by atoms with Crippen LogP contribution in [0.5, 0.6) is 0 Å². The fourth-order valence-corrected chi connectivity index (χ4v) is 2.29. The van der Waals surface area contributed by atoms with Crippen LogP contribution in [0.2, 0.25) is 0 Å². The van der Waals surface area contributed by atoms with E-state index in [-0.39, 0.29) is 5.91 Å². The Hall–Kier alpha value is -1.65. The zero-order valence-electron chi connectivity index (χ0n) is 11.3. The van der Waals surface area contributed by atoms with E-state index in [2.05, 4.69) is 9.97 Å². The van der Waals surface area contributed by atoms with E-state index in [0.29, 0.717) is 5.92 Å². The number of anilines is 1. The number of amides is 1. The molecule has 0 N–H and O–H groups in total. The van der Waals surface area contributed by atoms with Crippen molar-refractivity contribution in [1.29, 1.82) is 0 Å². The summed E-state index contributed by atoms with van der Waals surface area (Å²) in [6.45, 7) is 3.30. The summed E-state index contributed by atoms with van der Waals surface area (Å²) >= 11 is 0. The minimum atomic E-state index is 0.171. The number of carbonyl (C=O) groups is 1. The number of piperidine rings is 1. The first-order chi connectivity index (χ1) is 8.58. The van der Waals surface area contributed by atoms with Crippen molar-refractivity contribution in [1.82, 2.24) is 14.9 Å². The minimum Gasteiger partial charge on any atom is -0.347 e. The van der Waals surface area contributed by atoms with E-state index in [1.165, 1.54) is 0 Å². The lowest BCUT2D eigenvalue weighted by Crippen LogP contribution is -2.36. The molecular formula is C13H20N4O. The molecule has 0 bridgehead atoms. The van der Waals surface area contributed by atoms with E-state index in [0.717, 1.165) is 37.6 Å². The first-order valence-electron chi connectivity index (χ1n) is 6.33. The van der Waals surface area contributed by atoms with Crippen molar-refractivity contribution in [2.75, 3.05) is 32.1 Å². The molecule has 0 aliphatic carbocycles. The Morgan fingerprint density at radius 3 is 2.61 bits per heavy atom. The van der Waals surface area contributed by atoms with Crippen LogP contribution in [-0.2, 0) is 4.79 Å². The molecule has 1 aliphatic rings. The molecule has 5 heteroatoms. The first-order valence-corrected chi connectivity index (χ1v) is 6.33. The number of rotatable bonds is 2. The van der Waals surface area contributed by atoms with Gasteiger partial charge in [-0.05, 0) is 18.9 Å². The van der Waals surface area contributed by atoms with Crippen LogP contribution in [0.4, 0.5) is 5.95 Å². The summed E-state index contributed by atoms with van der Waals surface area (Å²) in [5.41, 5.74) is 1.09. The Balaban J connectivity index is 2.05. The lowest BCUT2D eigenvalue weighted by molar-refractivity contribution is -0.129. The van der Waals surface area contributed by atoms with Crippen molar-refractivity contribution in [2.45, 2.75) is 25.7 Å². The third-order valence-corrected chi connectivity index (χ3v) is 3.42. The normalized spacial score (nSPS) is 16.7. The highest BCUT2D eigenvalue weighted by Crippen LogP contribution is 2.27. The molecule has 0 spiro atoms. The molecule has 1 aromatic rings. The van der Waals surface area contributed by atoms with Crippen LogP contribution in [0.3, 0.4) is 0 Å². The van der Waals surface area contributed by atoms with E-state index >= 15 is 0 Å². The van der Waals surface area contributed by atoms with Crippen molar-refractivity contribution in [3.05, 3.63) is 18.0 Å². The molecule has 1 amide bonds. The third-order valence-electron chi connectivity index (χ3n) is 3.42. The molecule has 1 aliphatic heterocycles. The average molecular weight is 248 g/mol. The second-order valence-corrected chi connectivity index (χ2v) is 4.96. The van der Waals surface area contributed by atoms with Gasteiger partial charge >= 0.3 is 0 Å². The summed E-state index contributed by atoms with van der Waals surface area (Å²) < 4.78 is 0. The van der Waals surface area contributed by atoms with E-state index in [1.807, 2.05) is 36.2 Å². The van der Waals surface area contributed by atoms with Crippen LogP contribution in [0.15, 0.2) is 12.3 Å². The van der Waals surface area contributed by atoms with E-state index in [1.54, 1.807) is 6.92 Å². The van der Waals surface area contributed by atoms with Gasteiger partial charge in [0.25, 0.3) is 0 Å². The second-order valence-electron chi connectivity index (χ2n) is 4.96. The highest BCUT2D eigenvalue weighted by atomic mass is 16.2. The molecule has 2 rings (SSSR count). The number of likely N-dealkylation sites (tertiary alicyclic amines) is 1. The highest BCUT2D eigenvalue weighted by molar-refractivity contribution is 5.73. The van der Waals surface area contributed by atoms with Crippen LogP contribution < -0.4 is 4.90 Å². The number of aromatic nitrogens is 2. The number of nitrogens with zero attached hydrogens (tertiary/aromatic N) is 4. The minimum absolute atomic E-state index is 0.171. The van der Waals surface area contributed by atoms with Gasteiger partial charge in [-0.3, -0.25) is 4.79 Å². The molecule has 0 radical (unpaired) electrons. The van der Waals surface area contributed by atoms with Gasteiger partial charge in [0.2, 0.25) is 11.9 Å². The maximum absolute atomic E-state index is 11.3. The topological polar surface area (TPSA) is 49.3 Å². The molecule has 0 unspecified atom stereocenters. The van der Waals surface area contributed by atoms with Crippen molar-refractivity contribution < 1.29 is 4.79 Å². The monoisotopic (exact) mass is 248 g/mol. The van der Waals surface area contributed by atoms with Gasteiger partial charge in [-0.15, -0.1) is 0 Å². The van der Waals surface area contributed by atoms with E-state index < -0.39 is 0 Å². The SMILES string of the molecule is CC(=O)N1CCC(c2ccnc(N(C)C)n2)CC1. The van der Waals surface area contributed by atoms with Gasteiger partial charge in [-0.25, -0.2) is 9.97 Å². The second kappa shape index (κ2) is 5.33. The summed E-state index contributed by atoms with van der Waals surface area (Å²) in [6.07, 6.45) is 3.79. The van der Waals surface area contributed by atoms with Crippen LogP contribution in [0.1, 0.15) is 31.4 Å². The maximum Gasteiger partial charge on any atom is 0.224 e. The zero-order valence-corrected chi connectivity index (χ0v) is 11.3. The van der Waals surface area contributed by atoms with Crippen molar-refractivity contribution >= 4 is 11.9 Å². The zero-order chi connectivity index (χ0) is 13.1. The van der Waals surface area contributed by atoms with E-state index in [4.69, 9.17) is 0 Å². The molecule has 98 valence electrons. The molecule has 18 heavy (non-hydrogen) atoms. The number of carbonyl (C=O) groups excluding carboxylic acids is 1. The predicted octanol–water partition coefficient (Wildman–Crippen LogP) is 1.27. The molecule has 2 heterocycles. The summed E-state index contributed by atoms with van der Waals surface area (Å²) in [7, 11) is 3.88. The summed E-state index contributed by atoms with van der Waals surface area (Å²) in [5, 5.41) is 0. The first kappa shape index (κ1) is 12.8. The Morgan fingerprint density at radius 1 is 1.39 bits per heavy atom. The number of hydrogen-bond donors (Lipinski definition) is 0. The fourth-order valence-electron chi connectivity index (χ4n) is 2.29. The Kier molecular flexibility index (Phi) is 3.79. The molecule has 1 aromatic heterocycles. The van der Waals surface area contributed by atoms with Gasteiger partial charge in [0.05, 0.1) is 0 Å². The summed E-state index contributed by atoms with van der Waals surface area (Å²) in [4.78, 5) is 23.9. The van der Waals surface area contributed by atoms with Crippen LogP contribution in [0, 0.1) is 0 Å². The molecule has 0 saturated carbocycles. The standard InChI is InChI=1S/C13H20N4O/c1-10(18)17-8-5-11(6-9-17)12-4-7-14-13(15-12)16(2)3/h4,7,11H,5-6,8-9H2,1-3H3. The largest absolute Gasteiger partial charge is 0.347 e. The molecule has 0 aromatic carbocycles. The van der Waals surface area contributed by atoms with Crippen LogP contribution >= 0.6 is 0 Å². The van der Waals surface area contributed by atoms with Gasteiger partial charge in [-0.2, -0.15) is 0 Å². The summed E-state index contributed by atoms with van der Waals surface area (Å²) in [6, 6.07) is 1.99. The molecule has 1 fully saturated rings. The fraction of sp³-hybridized carbons (Fsp3) is 0.615. The quantitative estimate of drug-likeness (QED) is 0.791. The lowest BCUT2D eigenvalue weighted by atomic mass is 9.93. The van der Waals surface area contributed by atoms with Gasteiger partial charge in [0.1, 0.15) is 0 Å². The Morgan fingerprint density at radius 2 is 2.06 bits per heavy atom. The third kappa shape index (κ3) is 2.78. The van der Waals surface area contributed by atoms with Gasteiger partial charge in [0.15, 0.2) is 0 Å². The smallest absolute Gasteiger partial charge is 0.224 e. The van der Waals surface area contributed by atoms with E-state index in [9.17, 15) is 4.79 Å². The van der Waals surface area contributed by atoms with Gasteiger partial charge in [-0.1, -0.05) is 0 Å².